The second kappa shape index (κ2) is 4.74. The average molecular weight is 282 g/mol. The Kier molecular flexibility index (Phi) is 3.09. The number of carbonyl (C=O) groups is 1. The summed E-state index contributed by atoms with van der Waals surface area (Å²) in [5.74, 6) is 1.55. The summed E-state index contributed by atoms with van der Waals surface area (Å²) in [7, 11) is 0. The van der Waals surface area contributed by atoms with E-state index in [2.05, 4.69) is 10.2 Å². The van der Waals surface area contributed by atoms with Gasteiger partial charge in [0.25, 0.3) is 0 Å². The lowest BCUT2D eigenvalue weighted by Gasteiger charge is -2.11. The minimum absolute atomic E-state index is 0.102. The molecule has 94 valence electrons. The SMILES string of the molecule is O=C1CC(CCl)CN1c1cc(-c2cccs2)[nH]n1. The van der Waals surface area contributed by atoms with Crippen molar-refractivity contribution in [1.29, 1.82) is 0 Å². The number of anilines is 1. The zero-order chi connectivity index (χ0) is 12.5. The molecule has 4 nitrogen and oxygen atoms in total. The molecule has 2 aromatic rings. The predicted octanol–water partition coefficient (Wildman–Crippen LogP) is 2.73. The number of carbonyl (C=O) groups excluding carboxylic acids is 1. The summed E-state index contributed by atoms with van der Waals surface area (Å²) >= 11 is 7.45. The van der Waals surface area contributed by atoms with Crippen LogP contribution in [0.5, 0.6) is 0 Å². The molecule has 2 aromatic heterocycles. The first-order valence-corrected chi connectivity index (χ1v) is 7.15. The third kappa shape index (κ3) is 2.04. The van der Waals surface area contributed by atoms with Crippen molar-refractivity contribution in [3.05, 3.63) is 23.6 Å². The van der Waals surface area contributed by atoms with E-state index < -0.39 is 0 Å². The molecule has 1 aliphatic rings. The third-order valence-electron chi connectivity index (χ3n) is 3.05. The zero-order valence-electron chi connectivity index (χ0n) is 9.60. The van der Waals surface area contributed by atoms with E-state index in [1.54, 1.807) is 16.2 Å². The second-order valence-electron chi connectivity index (χ2n) is 4.35. The van der Waals surface area contributed by atoms with E-state index in [1.807, 2.05) is 23.6 Å². The molecule has 1 fully saturated rings. The van der Waals surface area contributed by atoms with Gasteiger partial charge < -0.3 is 0 Å². The van der Waals surface area contributed by atoms with E-state index in [0.29, 0.717) is 24.7 Å². The number of hydrogen-bond acceptors (Lipinski definition) is 3. The Morgan fingerprint density at radius 3 is 3.17 bits per heavy atom. The van der Waals surface area contributed by atoms with Crippen LogP contribution in [0.25, 0.3) is 10.6 Å². The molecule has 0 aromatic carbocycles. The predicted molar refractivity (Wildman–Crippen MR) is 73.1 cm³/mol. The number of hydrogen-bond donors (Lipinski definition) is 1. The summed E-state index contributed by atoms with van der Waals surface area (Å²) in [4.78, 5) is 14.7. The minimum Gasteiger partial charge on any atom is -0.295 e. The van der Waals surface area contributed by atoms with Crippen LogP contribution in [0.1, 0.15) is 6.42 Å². The van der Waals surface area contributed by atoms with Crippen molar-refractivity contribution in [2.24, 2.45) is 5.92 Å². The van der Waals surface area contributed by atoms with Crippen molar-refractivity contribution < 1.29 is 4.79 Å². The highest BCUT2D eigenvalue weighted by Gasteiger charge is 2.31. The standard InChI is InChI=1S/C12H12ClN3OS/c13-6-8-4-12(17)16(7-8)11-5-9(14-15-11)10-2-1-3-18-10/h1-3,5,8H,4,6-7H2,(H,14,15). The molecule has 18 heavy (non-hydrogen) atoms. The number of aromatic nitrogens is 2. The van der Waals surface area contributed by atoms with E-state index in [0.717, 1.165) is 10.6 Å². The molecule has 1 unspecified atom stereocenters. The fourth-order valence-electron chi connectivity index (χ4n) is 2.11. The molecule has 0 spiro atoms. The fraction of sp³-hybridized carbons (Fsp3) is 0.333. The number of nitrogens with zero attached hydrogens (tertiary/aromatic N) is 2. The van der Waals surface area contributed by atoms with Gasteiger partial charge in [-0.2, -0.15) is 5.10 Å². The molecule has 6 heteroatoms. The number of rotatable bonds is 3. The van der Waals surface area contributed by atoms with Crippen LogP contribution >= 0.6 is 22.9 Å². The van der Waals surface area contributed by atoms with Gasteiger partial charge in [-0.05, 0) is 17.4 Å². The molecule has 1 amide bonds. The normalized spacial score (nSPS) is 19.7. The van der Waals surface area contributed by atoms with Crippen LogP contribution in [-0.2, 0) is 4.79 Å². The molecule has 0 aliphatic carbocycles. The first-order valence-electron chi connectivity index (χ1n) is 5.73. The average Bonchev–Trinajstić information content (AvgIpc) is 3.08. The molecular formula is C12H12ClN3OS. The Morgan fingerprint density at radius 2 is 2.50 bits per heavy atom. The minimum atomic E-state index is 0.102. The van der Waals surface area contributed by atoms with Crippen molar-refractivity contribution in [3.63, 3.8) is 0 Å². The van der Waals surface area contributed by atoms with Gasteiger partial charge in [-0.25, -0.2) is 0 Å². The van der Waals surface area contributed by atoms with Gasteiger partial charge in [-0.3, -0.25) is 14.8 Å². The van der Waals surface area contributed by atoms with Crippen molar-refractivity contribution >= 4 is 34.7 Å². The Morgan fingerprint density at radius 1 is 1.61 bits per heavy atom. The molecule has 0 saturated carbocycles. The van der Waals surface area contributed by atoms with E-state index in [9.17, 15) is 4.79 Å². The lowest BCUT2D eigenvalue weighted by Crippen LogP contribution is -2.24. The summed E-state index contributed by atoms with van der Waals surface area (Å²) in [5.41, 5.74) is 0.946. The molecule has 3 heterocycles. The molecule has 1 saturated heterocycles. The number of thiophene rings is 1. The van der Waals surface area contributed by atoms with E-state index >= 15 is 0 Å². The fourth-order valence-corrected chi connectivity index (χ4v) is 3.01. The molecule has 1 aliphatic heterocycles. The highest BCUT2D eigenvalue weighted by Crippen LogP contribution is 2.29. The van der Waals surface area contributed by atoms with Crippen LogP contribution in [0, 0.1) is 5.92 Å². The van der Waals surface area contributed by atoms with Gasteiger partial charge in [-0.1, -0.05) is 6.07 Å². The van der Waals surface area contributed by atoms with Crippen LogP contribution in [0.15, 0.2) is 23.6 Å². The van der Waals surface area contributed by atoms with Crippen LogP contribution < -0.4 is 4.90 Å². The smallest absolute Gasteiger partial charge is 0.228 e. The molecule has 1 atom stereocenters. The lowest BCUT2D eigenvalue weighted by atomic mass is 10.1. The van der Waals surface area contributed by atoms with E-state index in [-0.39, 0.29) is 11.8 Å². The van der Waals surface area contributed by atoms with E-state index in [4.69, 9.17) is 11.6 Å². The summed E-state index contributed by atoms with van der Waals surface area (Å²) < 4.78 is 0. The Balaban J connectivity index is 1.84. The molecule has 1 N–H and O–H groups in total. The van der Waals surface area contributed by atoms with Gasteiger partial charge in [0.1, 0.15) is 0 Å². The number of aromatic amines is 1. The summed E-state index contributed by atoms with van der Waals surface area (Å²) in [6.07, 6.45) is 0.519. The van der Waals surface area contributed by atoms with Gasteiger partial charge in [0.15, 0.2) is 5.82 Å². The lowest BCUT2D eigenvalue weighted by molar-refractivity contribution is -0.117. The number of H-pyrrole nitrogens is 1. The maximum absolute atomic E-state index is 11.9. The Labute approximate surface area is 114 Å². The quantitative estimate of drug-likeness (QED) is 0.880. The van der Waals surface area contributed by atoms with Crippen molar-refractivity contribution in [3.8, 4) is 10.6 Å². The van der Waals surface area contributed by atoms with Crippen molar-refractivity contribution in [2.75, 3.05) is 17.3 Å². The number of alkyl halides is 1. The third-order valence-corrected chi connectivity index (χ3v) is 4.39. The zero-order valence-corrected chi connectivity index (χ0v) is 11.2. The molecule has 3 rings (SSSR count). The Bertz CT molecular complexity index is 551. The summed E-state index contributed by atoms with van der Waals surface area (Å²) in [6.45, 7) is 0.664. The van der Waals surface area contributed by atoms with E-state index in [1.165, 1.54) is 0 Å². The summed E-state index contributed by atoms with van der Waals surface area (Å²) in [6, 6.07) is 5.93. The molecular weight excluding hydrogens is 270 g/mol. The van der Waals surface area contributed by atoms with Crippen molar-refractivity contribution in [2.45, 2.75) is 6.42 Å². The first kappa shape index (κ1) is 11.7. The topological polar surface area (TPSA) is 49.0 Å². The van der Waals surface area contributed by atoms with Crippen molar-refractivity contribution in [1.82, 2.24) is 10.2 Å². The number of nitrogens with one attached hydrogen (secondary N) is 1. The number of halogens is 1. The van der Waals surface area contributed by atoms with Gasteiger partial charge in [-0.15, -0.1) is 22.9 Å². The highest BCUT2D eigenvalue weighted by atomic mass is 35.5. The molecule has 0 bridgehead atoms. The van der Waals surface area contributed by atoms with Crippen LogP contribution in [0.2, 0.25) is 0 Å². The molecule has 0 radical (unpaired) electrons. The van der Waals surface area contributed by atoms with Crippen LogP contribution in [-0.4, -0.2) is 28.5 Å². The Hall–Kier alpha value is -1.33. The van der Waals surface area contributed by atoms with Crippen LogP contribution in [0.3, 0.4) is 0 Å². The van der Waals surface area contributed by atoms with Gasteiger partial charge >= 0.3 is 0 Å². The monoisotopic (exact) mass is 281 g/mol. The van der Waals surface area contributed by atoms with Crippen LogP contribution in [0.4, 0.5) is 5.82 Å². The van der Waals surface area contributed by atoms with Gasteiger partial charge in [0.2, 0.25) is 5.91 Å². The van der Waals surface area contributed by atoms with Gasteiger partial charge in [0.05, 0.1) is 10.6 Å². The number of amides is 1. The maximum Gasteiger partial charge on any atom is 0.228 e. The van der Waals surface area contributed by atoms with Gasteiger partial charge in [0, 0.05) is 24.9 Å². The second-order valence-corrected chi connectivity index (χ2v) is 5.60. The highest BCUT2D eigenvalue weighted by molar-refractivity contribution is 7.13. The maximum atomic E-state index is 11.9. The largest absolute Gasteiger partial charge is 0.295 e. The first-order chi connectivity index (χ1) is 8.78. The summed E-state index contributed by atoms with van der Waals surface area (Å²) in [5, 5.41) is 9.20.